The zero-order chi connectivity index (χ0) is 19.4. The van der Waals surface area contributed by atoms with Crippen molar-refractivity contribution in [3.63, 3.8) is 0 Å². The molecule has 6 heteroatoms. The molecule has 0 atom stereocenters. The fourth-order valence-electron chi connectivity index (χ4n) is 3.29. The minimum atomic E-state index is -0.289. The van der Waals surface area contributed by atoms with Crippen LogP contribution in [0.25, 0.3) is 10.9 Å². The molecule has 6 nitrogen and oxygen atoms in total. The zero-order valence-electron chi connectivity index (χ0n) is 16.3. The molecule has 1 saturated heterocycles. The van der Waals surface area contributed by atoms with E-state index < -0.39 is 0 Å². The molecular formula is C21H27N3O3. The molecule has 1 aromatic carbocycles. The van der Waals surface area contributed by atoms with E-state index in [1.165, 1.54) is 0 Å². The number of para-hydroxylation sites is 1. The van der Waals surface area contributed by atoms with Crippen LogP contribution in [0.5, 0.6) is 0 Å². The third-order valence-corrected chi connectivity index (χ3v) is 4.66. The third-order valence-electron chi connectivity index (χ3n) is 4.66. The molecule has 0 radical (unpaired) electrons. The van der Waals surface area contributed by atoms with E-state index in [4.69, 9.17) is 4.74 Å². The van der Waals surface area contributed by atoms with Gasteiger partial charge in [-0.25, -0.2) is 4.79 Å². The van der Waals surface area contributed by atoms with Crippen LogP contribution < -0.4 is 0 Å². The van der Waals surface area contributed by atoms with Crippen LogP contribution in [0.1, 0.15) is 36.3 Å². The molecule has 0 aliphatic carbocycles. The summed E-state index contributed by atoms with van der Waals surface area (Å²) < 4.78 is 5.33. The van der Waals surface area contributed by atoms with E-state index in [0.29, 0.717) is 44.3 Å². The van der Waals surface area contributed by atoms with Gasteiger partial charge >= 0.3 is 6.09 Å². The Morgan fingerprint density at radius 1 is 1.11 bits per heavy atom. The first-order valence-electron chi connectivity index (χ1n) is 9.53. The van der Waals surface area contributed by atoms with E-state index in [-0.39, 0.29) is 12.0 Å². The fraction of sp³-hybridized carbons (Fsp3) is 0.476. The number of rotatable bonds is 3. The number of hydrogen-bond acceptors (Lipinski definition) is 4. The molecule has 27 heavy (non-hydrogen) atoms. The van der Waals surface area contributed by atoms with Crippen LogP contribution in [0, 0.1) is 12.8 Å². The molecule has 2 heterocycles. The van der Waals surface area contributed by atoms with Gasteiger partial charge in [0.1, 0.15) is 0 Å². The van der Waals surface area contributed by atoms with E-state index in [1.807, 2.05) is 56.0 Å². The van der Waals surface area contributed by atoms with E-state index in [2.05, 4.69) is 4.98 Å². The number of aryl methyl sites for hydroxylation is 1. The molecule has 1 aliphatic rings. The van der Waals surface area contributed by atoms with Gasteiger partial charge in [-0.1, -0.05) is 32.0 Å². The number of carbonyl (C=O) groups excluding carboxylic acids is 2. The molecular weight excluding hydrogens is 342 g/mol. The van der Waals surface area contributed by atoms with Crippen molar-refractivity contribution in [2.45, 2.75) is 27.2 Å². The predicted molar refractivity (Wildman–Crippen MR) is 105 cm³/mol. The van der Waals surface area contributed by atoms with Gasteiger partial charge in [0.05, 0.1) is 17.7 Å². The molecule has 3 rings (SSSR count). The predicted octanol–water partition coefficient (Wildman–Crippen LogP) is 3.48. The maximum absolute atomic E-state index is 13.2. The van der Waals surface area contributed by atoms with Crippen molar-refractivity contribution in [1.82, 2.24) is 14.8 Å². The smallest absolute Gasteiger partial charge is 0.409 e. The normalized spacial score (nSPS) is 15.1. The lowest BCUT2D eigenvalue weighted by molar-refractivity contribution is 0.0748. The van der Waals surface area contributed by atoms with Crippen molar-refractivity contribution in [3.8, 4) is 0 Å². The van der Waals surface area contributed by atoms with E-state index in [0.717, 1.165) is 23.0 Å². The van der Waals surface area contributed by atoms with Crippen LogP contribution in [0.2, 0.25) is 0 Å². The highest BCUT2D eigenvalue weighted by Crippen LogP contribution is 2.20. The Kier molecular flexibility index (Phi) is 5.94. The minimum absolute atomic E-state index is 0.00547. The average molecular weight is 369 g/mol. The van der Waals surface area contributed by atoms with Crippen molar-refractivity contribution in [1.29, 1.82) is 0 Å². The summed E-state index contributed by atoms with van der Waals surface area (Å²) in [6.45, 7) is 8.57. The maximum Gasteiger partial charge on any atom is 0.409 e. The number of nitrogens with zero attached hydrogens (tertiary/aromatic N) is 3. The molecule has 0 N–H and O–H groups in total. The van der Waals surface area contributed by atoms with Crippen LogP contribution >= 0.6 is 0 Å². The largest absolute Gasteiger partial charge is 0.449 e. The molecule has 2 aromatic rings. The Bertz CT molecular complexity index is 835. The number of carbonyl (C=O) groups is 2. The van der Waals surface area contributed by atoms with Crippen molar-refractivity contribution in [2.75, 3.05) is 32.8 Å². The number of fused-ring (bicyclic) bond motifs is 1. The highest BCUT2D eigenvalue weighted by molar-refractivity contribution is 6.06. The highest BCUT2D eigenvalue weighted by atomic mass is 16.6. The summed E-state index contributed by atoms with van der Waals surface area (Å²) in [7, 11) is 0. The van der Waals surface area contributed by atoms with Crippen molar-refractivity contribution in [2.24, 2.45) is 5.92 Å². The summed E-state index contributed by atoms with van der Waals surface area (Å²) in [5, 5.41) is 0.866. The van der Waals surface area contributed by atoms with Gasteiger partial charge in [0.25, 0.3) is 5.91 Å². The summed E-state index contributed by atoms with van der Waals surface area (Å²) in [4.78, 5) is 33.4. The van der Waals surface area contributed by atoms with E-state index in [1.54, 1.807) is 4.90 Å². The molecule has 1 fully saturated rings. The van der Waals surface area contributed by atoms with Gasteiger partial charge in [-0.15, -0.1) is 0 Å². The van der Waals surface area contributed by atoms with Gasteiger partial charge in [-0.05, 0) is 31.4 Å². The topological polar surface area (TPSA) is 62.7 Å². The van der Waals surface area contributed by atoms with Crippen LogP contribution in [0.4, 0.5) is 4.79 Å². The van der Waals surface area contributed by atoms with Crippen LogP contribution in [0.15, 0.2) is 30.3 Å². The first kappa shape index (κ1) is 19.1. The number of benzene rings is 1. The summed E-state index contributed by atoms with van der Waals surface area (Å²) >= 11 is 0. The molecule has 0 spiro atoms. The lowest BCUT2D eigenvalue weighted by Gasteiger charge is -2.23. The average Bonchev–Trinajstić information content (AvgIpc) is 2.91. The standard InChI is InChI=1S/C21H27N3O3/c1-15(2)14-27-21(26)24-10-6-9-23(11-12-24)20(25)18-13-16(3)22-19-8-5-4-7-17(18)19/h4-5,7-8,13,15H,6,9-12,14H2,1-3H3. The number of pyridine rings is 1. The molecule has 144 valence electrons. The summed E-state index contributed by atoms with van der Waals surface area (Å²) in [5.41, 5.74) is 2.33. The summed E-state index contributed by atoms with van der Waals surface area (Å²) in [6.07, 6.45) is 0.452. The van der Waals surface area contributed by atoms with Gasteiger partial charge in [-0.2, -0.15) is 0 Å². The Morgan fingerprint density at radius 2 is 1.81 bits per heavy atom. The number of aromatic nitrogens is 1. The number of ether oxygens (including phenoxy) is 1. The second-order valence-electron chi connectivity index (χ2n) is 7.43. The molecule has 0 unspecified atom stereocenters. The van der Waals surface area contributed by atoms with Gasteiger partial charge in [0.15, 0.2) is 0 Å². The second kappa shape index (κ2) is 8.37. The molecule has 1 aromatic heterocycles. The Hall–Kier alpha value is -2.63. The molecule has 2 amide bonds. The van der Waals surface area contributed by atoms with Crippen LogP contribution in [-0.2, 0) is 4.74 Å². The zero-order valence-corrected chi connectivity index (χ0v) is 16.3. The Morgan fingerprint density at radius 3 is 2.59 bits per heavy atom. The third kappa shape index (κ3) is 4.56. The lowest BCUT2D eigenvalue weighted by atomic mass is 10.1. The van der Waals surface area contributed by atoms with Gasteiger partial charge < -0.3 is 14.5 Å². The van der Waals surface area contributed by atoms with E-state index >= 15 is 0 Å². The molecule has 0 saturated carbocycles. The SMILES string of the molecule is Cc1cc(C(=O)N2CCCN(C(=O)OCC(C)C)CC2)c2ccccc2n1. The Balaban J connectivity index is 1.73. The molecule has 1 aliphatic heterocycles. The van der Waals surface area contributed by atoms with Crippen molar-refractivity contribution < 1.29 is 14.3 Å². The Labute approximate surface area is 160 Å². The van der Waals surface area contributed by atoms with Crippen LogP contribution in [-0.4, -0.2) is 59.6 Å². The summed E-state index contributed by atoms with van der Waals surface area (Å²) in [6, 6.07) is 9.56. The van der Waals surface area contributed by atoms with Gasteiger partial charge in [0.2, 0.25) is 0 Å². The fourth-order valence-corrected chi connectivity index (χ4v) is 3.29. The lowest BCUT2D eigenvalue weighted by Crippen LogP contribution is -2.38. The molecule has 0 bridgehead atoms. The van der Waals surface area contributed by atoms with Crippen molar-refractivity contribution in [3.05, 3.63) is 41.6 Å². The first-order chi connectivity index (χ1) is 13.0. The quantitative estimate of drug-likeness (QED) is 0.831. The monoisotopic (exact) mass is 369 g/mol. The number of hydrogen-bond donors (Lipinski definition) is 0. The highest BCUT2D eigenvalue weighted by Gasteiger charge is 2.25. The van der Waals surface area contributed by atoms with Gasteiger partial charge in [0, 0.05) is 37.3 Å². The summed E-state index contributed by atoms with van der Waals surface area (Å²) in [5.74, 6) is 0.302. The van der Waals surface area contributed by atoms with E-state index in [9.17, 15) is 9.59 Å². The second-order valence-corrected chi connectivity index (χ2v) is 7.43. The maximum atomic E-state index is 13.2. The first-order valence-corrected chi connectivity index (χ1v) is 9.53. The van der Waals surface area contributed by atoms with Crippen LogP contribution in [0.3, 0.4) is 0 Å². The van der Waals surface area contributed by atoms with Gasteiger partial charge in [-0.3, -0.25) is 9.78 Å². The van der Waals surface area contributed by atoms with Crippen molar-refractivity contribution >= 4 is 22.9 Å². The minimum Gasteiger partial charge on any atom is -0.449 e. The number of amides is 2.